The molecule has 5 aromatic rings. The maximum atomic E-state index is 13.6. The molecule has 4 N–H and O–H groups in total. The number of methoxy groups -OCH3 is 1. The molecule has 0 aliphatic carbocycles. The molecule has 2 aliphatic heterocycles. The van der Waals surface area contributed by atoms with Gasteiger partial charge < -0.3 is 35.1 Å². The van der Waals surface area contributed by atoms with Gasteiger partial charge in [-0.05, 0) is 60.5 Å². The Hall–Kier alpha value is -5.75. The Kier molecular flexibility index (Phi) is 9.93. The third-order valence-electron chi connectivity index (χ3n) is 9.89. The first-order valence-electron chi connectivity index (χ1n) is 17.4. The lowest BCUT2D eigenvalue weighted by atomic mass is 10.0. The molecule has 2 fully saturated rings. The number of carbonyl (C=O) groups is 3. The molecule has 2 saturated heterocycles. The van der Waals surface area contributed by atoms with Crippen molar-refractivity contribution in [3.05, 3.63) is 108 Å². The Morgan fingerprint density at radius 1 is 0.765 bits per heavy atom. The molecule has 7 rings (SSSR count). The van der Waals surface area contributed by atoms with Gasteiger partial charge in [0, 0.05) is 13.1 Å². The van der Waals surface area contributed by atoms with Gasteiger partial charge in [-0.3, -0.25) is 9.59 Å². The number of alkyl carbamates (subject to hydrolysis) is 1. The zero-order valence-corrected chi connectivity index (χ0v) is 28.8. The van der Waals surface area contributed by atoms with Crippen LogP contribution in [0.3, 0.4) is 0 Å². The number of ether oxygens (including phenoxy) is 1. The summed E-state index contributed by atoms with van der Waals surface area (Å²) in [5, 5.41) is 5.67. The number of benzene rings is 3. The van der Waals surface area contributed by atoms with Gasteiger partial charge >= 0.3 is 6.09 Å². The number of nitrogens with zero attached hydrogens (tertiary/aromatic N) is 4. The van der Waals surface area contributed by atoms with Crippen LogP contribution in [0.15, 0.2) is 91.3 Å². The second-order valence-electron chi connectivity index (χ2n) is 12.9. The molecule has 3 amide bonds. The molecule has 3 aromatic carbocycles. The summed E-state index contributed by atoms with van der Waals surface area (Å²) >= 11 is 0. The van der Waals surface area contributed by atoms with Crippen molar-refractivity contribution in [1.82, 2.24) is 40.4 Å². The fraction of sp³-hybridized carbons (Fsp3) is 0.308. The second-order valence-corrected chi connectivity index (χ2v) is 12.9. The van der Waals surface area contributed by atoms with E-state index in [4.69, 9.17) is 4.98 Å². The predicted molar refractivity (Wildman–Crippen MR) is 193 cm³/mol. The fourth-order valence-corrected chi connectivity index (χ4v) is 7.22. The van der Waals surface area contributed by atoms with Crippen molar-refractivity contribution in [3.63, 3.8) is 0 Å². The minimum absolute atomic E-state index is 0.0614. The Labute approximate surface area is 296 Å². The molecule has 0 radical (unpaired) electrons. The van der Waals surface area contributed by atoms with Gasteiger partial charge in [0.1, 0.15) is 24.2 Å². The van der Waals surface area contributed by atoms with E-state index in [0.717, 1.165) is 76.5 Å². The summed E-state index contributed by atoms with van der Waals surface area (Å²) in [5.74, 6) is 1.44. The number of rotatable bonds is 10. The van der Waals surface area contributed by atoms with Gasteiger partial charge in [-0.25, -0.2) is 14.8 Å². The summed E-state index contributed by atoms with van der Waals surface area (Å²) in [6.45, 7) is 1.21. The molecule has 2 aromatic heterocycles. The van der Waals surface area contributed by atoms with Crippen LogP contribution in [0.4, 0.5) is 4.79 Å². The van der Waals surface area contributed by atoms with Gasteiger partial charge in [0.15, 0.2) is 0 Å². The number of amides is 3. The minimum atomic E-state index is -0.630. The van der Waals surface area contributed by atoms with E-state index >= 15 is 0 Å². The summed E-state index contributed by atoms with van der Waals surface area (Å²) in [6, 6.07) is 25.8. The highest BCUT2D eigenvalue weighted by Crippen LogP contribution is 2.35. The molecule has 0 saturated carbocycles. The number of imidazole rings is 2. The number of aromatic nitrogens is 4. The van der Waals surface area contributed by atoms with Crippen molar-refractivity contribution >= 4 is 17.9 Å². The standard InChI is InChI=1S/C39H42N8O4/c1-40-35(29-8-4-3-5-9-29)38(49)47-21-7-11-33(47)37-42-23-31(45-37)28-18-14-26(15-19-28)25-12-16-27(17-13-25)30-22-41-36(44-30)32-10-6-20-46(32)34(48)24-43-39(50)51-2/h3-5,8-9,12-19,22-23,32-33,35,40H,6-7,10-11,20-21,24H2,1-2H3,(H,41,44)(H,42,45)(H,43,50). The topological polar surface area (TPSA) is 148 Å². The van der Waals surface area contributed by atoms with Gasteiger partial charge in [0.25, 0.3) is 0 Å². The Bertz CT molecular complexity index is 1970. The van der Waals surface area contributed by atoms with Crippen LogP contribution in [0.5, 0.6) is 0 Å². The maximum absolute atomic E-state index is 13.6. The maximum Gasteiger partial charge on any atom is 0.407 e. The van der Waals surface area contributed by atoms with Crippen LogP contribution >= 0.6 is 0 Å². The van der Waals surface area contributed by atoms with Gasteiger partial charge in [0.05, 0.1) is 43.0 Å². The molecule has 0 bridgehead atoms. The number of nitrogens with one attached hydrogen (secondary N) is 4. The zero-order valence-electron chi connectivity index (χ0n) is 28.8. The number of likely N-dealkylation sites (N-methyl/N-ethyl adjacent to an activating group) is 1. The highest BCUT2D eigenvalue weighted by atomic mass is 16.5. The number of aromatic amines is 2. The molecule has 0 spiro atoms. The molecule has 12 nitrogen and oxygen atoms in total. The smallest absolute Gasteiger partial charge is 0.407 e. The van der Waals surface area contributed by atoms with E-state index in [-0.39, 0.29) is 30.4 Å². The number of likely N-dealkylation sites (tertiary alicyclic amines) is 2. The van der Waals surface area contributed by atoms with Crippen molar-refractivity contribution in [1.29, 1.82) is 0 Å². The van der Waals surface area contributed by atoms with Crippen LogP contribution in [-0.4, -0.2) is 81.4 Å². The van der Waals surface area contributed by atoms with E-state index in [9.17, 15) is 14.4 Å². The van der Waals surface area contributed by atoms with Gasteiger partial charge in [-0.15, -0.1) is 0 Å². The summed E-state index contributed by atoms with van der Waals surface area (Å²) in [4.78, 5) is 57.8. The van der Waals surface area contributed by atoms with E-state index in [1.54, 1.807) is 11.1 Å². The van der Waals surface area contributed by atoms with E-state index in [0.29, 0.717) is 13.1 Å². The summed E-state index contributed by atoms with van der Waals surface area (Å²) in [5.41, 5.74) is 6.92. The first kappa shape index (κ1) is 33.7. The lowest BCUT2D eigenvalue weighted by molar-refractivity contribution is -0.134. The van der Waals surface area contributed by atoms with E-state index in [1.807, 2.05) is 48.5 Å². The zero-order chi connectivity index (χ0) is 35.3. The number of H-pyrrole nitrogens is 2. The molecule has 51 heavy (non-hydrogen) atoms. The lowest BCUT2D eigenvalue weighted by Crippen LogP contribution is -2.40. The van der Waals surface area contributed by atoms with Gasteiger partial charge in [-0.2, -0.15) is 0 Å². The van der Waals surface area contributed by atoms with Crippen molar-refractivity contribution in [2.45, 2.75) is 43.8 Å². The largest absolute Gasteiger partial charge is 0.453 e. The highest BCUT2D eigenvalue weighted by molar-refractivity contribution is 5.84. The third-order valence-corrected chi connectivity index (χ3v) is 9.89. The molecule has 3 atom stereocenters. The quantitative estimate of drug-likeness (QED) is 0.146. The van der Waals surface area contributed by atoms with Crippen LogP contribution in [-0.2, 0) is 14.3 Å². The van der Waals surface area contributed by atoms with E-state index in [1.165, 1.54) is 7.11 Å². The molecule has 2 aliphatic rings. The molecular weight excluding hydrogens is 644 g/mol. The van der Waals surface area contributed by atoms with Crippen molar-refractivity contribution in [3.8, 4) is 33.6 Å². The second kappa shape index (κ2) is 15.0. The van der Waals surface area contributed by atoms with Crippen LogP contribution < -0.4 is 10.6 Å². The predicted octanol–water partition coefficient (Wildman–Crippen LogP) is 5.78. The third kappa shape index (κ3) is 7.13. The lowest BCUT2D eigenvalue weighted by Gasteiger charge is -2.28. The molecule has 12 heteroatoms. The molecular formula is C39H42N8O4. The van der Waals surface area contributed by atoms with Crippen LogP contribution in [0, 0.1) is 0 Å². The molecule has 3 unspecified atom stereocenters. The first-order valence-corrected chi connectivity index (χ1v) is 17.4. The number of hydrogen-bond acceptors (Lipinski definition) is 7. The average molecular weight is 687 g/mol. The van der Waals surface area contributed by atoms with Crippen molar-refractivity contribution in [2.24, 2.45) is 0 Å². The summed E-state index contributed by atoms with van der Waals surface area (Å²) in [6.07, 6.45) is 6.50. The van der Waals surface area contributed by atoms with Gasteiger partial charge in [-0.1, -0.05) is 78.9 Å². The van der Waals surface area contributed by atoms with E-state index in [2.05, 4.69) is 78.9 Å². The molecule has 262 valence electrons. The average Bonchev–Trinajstić information content (AvgIpc) is 4.01. The van der Waals surface area contributed by atoms with Crippen LogP contribution in [0.2, 0.25) is 0 Å². The van der Waals surface area contributed by atoms with Crippen molar-refractivity contribution < 1.29 is 19.1 Å². The SMILES string of the molecule is CNC(C(=O)N1CCCC1c1ncc(-c2ccc(-c3ccc(-c4cnc(C5CCCN5C(=O)CNC(=O)OC)[nH]4)cc3)cc2)[nH]1)c1ccccc1. The Morgan fingerprint density at radius 3 is 1.80 bits per heavy atom. The Balaban J connectivity index is 0.995. The number of carbonyl (C=O) groups excluding carboxylic acids is 3. The first-order chi connectivity index (χ1) is 24.9. The summed E-state index contributed by atoms with van der Waals surface area (Å²) in [7, 11) is 3.10. The van der Waals surface area contributed by atoms with Crippen molar-refractivity contribution in [2.75, 3.05) is 33.8 Å². The number of hydrogen-bond donors (Lipinski definition) is 4. The fourth-order valence-electron chi connectivity index (χ4n) is 7.22. The van der Waals surface area contributed by atoms with Crippen LogP contribution in [0.1, 0.15) is 61.0 Å². The molecule has 4 heterocycles. The monoisotopic (exact) mass is 686 g/mol. The minimum Gasteiger partial charge on any atom is -0.453 e. The Morgan fingerprint density at radius 2 is 1.27 bits per heavy atom. The highest BCUT2D eigenvalue weighted by Gasteiger charge is 2.36. The normalized spacial score (nSPS) is 17.8. The summed E-state index contributed by atoms with van der Waals surface area (Å²) < 4.78 is 4.58. The van der Waals surface area contributed by atoms with Crippen LogP contribution in [0.25, 0.3) is 33.6 Å². The van der Waals surface area contributed by atoms with E-state index < -0.39 is 12.1 Å². The van der Waals surface area contributed by atoms with Gasteiger partial charge in [0.2, 0.25) is 11.8 Å².